The highest BCUT2D eigenvalue weighted by atomic mass is 16.5. The van der Waals surface area contributed by atoms with E-state index in [-0.39, 0.29) is 23.7 Å². The summed E-state index contributed by atoms with van der Waals surface area (Å²) in [5.41, 5.74) is 0.172. The maximum Gasteiger partial charge on any atom is 0.320 e. The summed E-state index contributed by atoms with van der Waals surface area (Å²) in [6.07, 6.45) is 3.53. The van der Waals surface area contributed by atoms with Gasteiger partial charge in [0.1, 0.15) is 12.2 Å². The standard InChI is InChI=1S/C14H19N5O2/c1-3-18(4-2)14(20)19-8-5-11(10-19)21-13-12(9-15)16-6-7-17-13/h6-7,11H,3-5,8,10H2,1-2H3. The van der Waals surface area contributed by atoms with Crippen LogP contribution in [0.15, 0.2) is 12.4 Å². The van der Waals surface area contributed by atoms with E-state index >= 15 is 0 Å². The van der Waals surface area contributed by atoms with Gasteiger partial charge < -0.3 is 14.5 Å². The number of ether oxygens (including phenoxy) is 1. The van der Waals surface area contributed by atoms with Gasteiger partial charge in [-0.25, -0.2) is 14.8 Å². The summed E-state index contributed by atoms with van der Waals surface area (Å²) in [6, 6.07) is 1.99. The Labute approximate surface area is 124 Å². The summed E-state index contributed by atoms with van der Waals surface area (Å²) < 4.78 is 5.72. The van der Waals surface area contributed by atoms with E-state index in [0.717, 1.165) is 6.42 Å². The van der Waals surface area contributed by atoms with Gasteiger partial charge in [-0.15, -0.1) is 0 Å². The number of aromatic nitrogens is 2. The van der Waals surface area contributed by atoms with Crippen LogP contribution in [-0.4, -0.2) is 58.1 Å². The summed E-state index contributed by atoms with van der Waals surface area (Å²) in [4.78, 5) is 23.7. The Bertz CT molecular complexity index is 538. The molecule has 21 heavy (non-hydrogen) atoms. The second kappa shape index (κ2) is 6.88. The van der Waals surface area contributed by atoms with Crippen LogP contribution < -0.4 is 4.74 Å². The average molecular weight is 289 g/mol. The zero-order valence-corrected chi connectivity index (χ0v) is 12.3. The minimum Gasteiger partial charge on any atom is -0.470 e. The first-order valence-corrected chi connectivity index (χ1v) is 7.11. The first-order chi connectivity index (χ1) is 10.2. The Kier molecular flexibility index (Phi) is 4.93. The molecule has 0 N–H and O–H groups in total. The van der Waals surface area contributed by atoms with Gasteiger partial charge >= 0.3 is 6.03 Å². The molecule has 0 aromatic carbocycles. The van der Waals surface area contributed by atoms with Crippen molar-refractivity contribution < 1.29 is 9.53 Å². The van der Waals surface area contributed by atoms with Crippen molar-refractivity contribution in [2.24, 2.45) is 0 Å². The minimum atomic E-state index is -0.145. The van der Waals surface area contributed by atoms with Gasteiger partial charge in [-0.2, -0.15) is 5.26 Å². The lowest BCUT2D eigenvalue weighted by Crippen LogP contribution is -2.42. The number of amides is 2. The molecule has 1 aromatic rings. The molecule has 1 unspecified atom stereocenters. The molecule has 0 spiro atoms. The van der Waals surface area contributed by atoms with Gasteiger partial charge in [0.15, 0.2) is 0 Å². The van der Waals surface area contributed by atoms with Crippen LogP contribution in [0.5, 0.6) is 5.88 Å². The highest BCUT2D eigenvalue weighted by Gasteiger charge is 2.30. The summed E-state index contributed by atoms with van der Waals surface area (Å²) in [5, 5.41) is 8.97. The summed E-state index contributed by atoms with van der Waals surface area (Å²) in [5.74, 6) is 0.238. The molecule has 1 aliphatic heterocycles. The van der Waals surface area contributed by atoms with Crippen molar-refractivity contribution >= 4 is 6.03 Å². The van der Waals surface area contributed by atoms with Crippen LogP contribution in [0.1, 0.15) is 26.0 Å². The summed E-state index contributed by atoms with van der Waals surface area (Å²) in [6.45, 7) is 6.48. The highest BCUT2D eigenvalue weighted by Crippen LogP contribution is 2.19. The molecule has 1 aromatic heterocycles. The van der Waals surface area contributed by atoms with E-state index in [0.29, 0.717) is 26.2 Å². The van der Waals surface area contributed by atoms with Gasteiger partial charge in [0.05, 0.1) is 6.54 Å². The van der Waals surface area contributed by atoms with E-state index in [1.54, 1.807) is 9.80 Å². The molecule has 0 saturated carbocycles. The molecular formula is C14H19N5O2. The maximum absolute atomic E-state index is 12.2. The van der Waals surface area contributed by atoms with Gasteiger partial charge in [-0.3, -0.25) is 0 Å². The van der Waals surface area contributed by atoms with Crippen LogP contribution in [0, 0.1) is 11.3 Å². The number of likely N-dealkylation sites (tertiary alicyclic amines) is 1. The smallest absolute Gasteiger partial charge is 0.320 e. The monoisotopic (exact) mass is 289 g/mol. The SMILES string of the molecule is CCN(CC)C(=O)N1CCC(Oc2nccnc2C#N)C1. The summed E-state index contributed by atoms with van der Waals surface area (Å²) >= 11 is 0. The number of hydrogen-bond donors (Lipinski definition) is 0. The lowest BCUT2D eigenvalue weighted by molar-refractivity contribution is 0.154. The predicted molar refractivity (Wildman–Crippen MR) is 75.7 cm³/mol. The zero-order chi connectivity index (χ0) is 15.2. The Morgan fingerprint density at radius 1 is 1.48 bits per heavy atom. The molecule has 7 nitrogen and oxygen atoms in total. The zero-order valence-electron chi connectivity index (χ0n) is 12.3. The van der Waals surface area contributed by atoms with Gasteiger partial charge in [0.2, 0.25) is 5.69 Å². The molecule has 2 heterocycles. The molecule has 0 aliphatic carbocycles. The maximum atomic E-state index is 12.2. The van der Waals surface area contributed by atoms with Crippen molar-refractivity contribution in [3.05, 3.63) is 18.1 Å². The fourth-order valence-corrected chi connectivity index (χ4v) is 2.34. The molecular weight excluding hydrogens is 270 g/mol. The molecule has 1 fully saturated rings. The van der Waals surface area contributed by atoms with Crippen molar-refractivity contribution in [3.8, 4) is 11.9 Å². The van der Waals surface area contributed by atoms with Crippen molar-refractivity contribution in [2.45, 2.75) is 26.4 Å². The number of nitrogens with zero attached hydrogens (tertiary/aromatic N) is 5. The second-order valence-electron chi connectivity index (χ2n) is 4.75. The Morgan fingerprint density at radius 3 is 2.86 bits per heavy atom. The molecule has 0 bridgehead atoms. The van der Waals surface area contributed by atoms with Crippen LogP contribution >= 0.6 is 0 Å². The van der Waals surface area contributed by atoms with Crippen LogP contribution in [-0.2, 0) is 0 Å². The van der Waals surface area contributed by atoms with E-state index in [2.05, 4.69) is 9.97 Å². The van der Waals surface area contributed by atoms with Crippen LogP contribution in [0.25, 0.3) is 0 Å². The Hall–Kier alpha value is -2.36. The fraction of sp³-hybridized carbons (Fsp3) is 0.571. The molecule has 112 valence electrons. The normalized spacial score (nSPS) is 17.4. The lowest BCUT2D eigenvalue weighted by atomic mass is 10.3. The van der Waals surface area contributed by atoms with Crippen molar-refractivity contribution in [3.63, 3.8) is 0 Å². The molecule has 7 heteroatoms. The third kappa shape index (κ3) is 3.40. The largest absolute Gasteiger partial charge is 0.470 e. The summed E-state index contributed by atoms with van der Waals surface area (Å²) in [7, 11) is 0. The van der Waals surface area contributed by atoms with Crippen LogP contribution in [0.3, 0.4) is 0 Å². The fourth-order valence-electron chi connectivity index (χ4n) is 2.34. The van der Waals surface area contributed by atoms with Gasteiger partial charge in [0, 0.05) is 38.4 Å². The quantitative estimate of drug-likeness (QED) is 0.833. The minimum absolute atomic E-state index is 0.0331. The second-order valence-corrected chi connectivity index (χ2v) is 4.75. The highest BCUT2D eigenvalue weighted by molar-refractivity contribution is 5.74. The van der Waals surface area contributed by atoms with Crippen molar-refractivity contribution in [2.75, 3.05) is 26.2 Å². The number of carbonyl (C=O) groups is 1. The van der Waals surface area contributed by atoms with E-state index in [9.17, 15) is 4.79 Å². The van der Waals surface area contributed by atoms with Crippen LogP contribution in [0.4, 0.5) is 4.79 Å². The van der Waals surface area contributed by atoms with Crippen LogP contribution in [0.2, 0.25) is 0 Å². The van der Waals surface area contributed by atoms with Crippen molar-refractivity contribution in [1.82, 2.24) is 19.8 Å². The molecule has 2 rings (SSSR count). The number of rotatable bonds is 4. The van der Waals surface area contributed by atoms with E-state index in [4.69, 9.17) is 10.00 Å². The predicted octanol–water partition coefficient (Wildman–Crippen LogP) is 1.26. The number of nitriles is 1. The molecule has 2 amide bonds. The Balaban J connectivity index is 1.97. The van der Waals surface area contributed by atoms with Gasteiger partial charge in [0.25, 0.3) is 5.88 Å². The first kappa shape index (κ1) is 15.0. The third-order valence-electron chi connectivity index (χ3n) is 3.50. The molecule has 1 atom stereocenters. The first-order valence-electron chi connectivity index (χ1n) is 7.11. The Morgan fingerprint density at radius 2 is 2.19 bits per heavy atom. The number of urea groups is 1. The van der Waals surface area contributed by atoms with E-state index in [1.165, 1.54) is 12.4 Å². The lowest BCUT2D eigenvalue weighted by Gasteiger charge is -2.25. The molecule has 1 aliphatic rings. The number of hydrogen-bond acceptors (Lipinski definition) is 5. The van der Waals surface area contributed by atoms with Gasteiger partial charge in [-0.1, -0.05) is 0 Å². The molecule has 1 saturated heterocycles. The molecule has 0 radical (unpaired) electrons. The van der Waals surface area contributed by atoms with Crippen molar-refractivity contribution in [1.29, 1.82) is 5.26 Å². The third-order valence-corrected chi connectivity index (χ3v) is 3.50. The average Bonchev–Trinajstić information content (AvgIpc) is 2.97. The number of carbonyl (C=O) groups excluding carboxylic acids is 1. The van der Waals surface area contributed by atoms with E-state index in [1.807, 2.05) is 19.9 Å². The topological polar surface area (TPSA) is 82.3 Å². The van der Waals surface area contributed by atoms with E-state index < -0.39 is 0 Å². The van der Waals surface area contributed by atoms with Gasteiger partial charge in [-0.05, 0) is 13.8 Å².